The summed E-state index contributed by atoms with van der Waals surface area (Å²) in [6.07, 6.45) is -1.94. The molecule has 5 atom stereocenters. The number of halogens is 1. The van der Waals surface area contributed by atoms with E-state index in [4.69, 9.17) is 19.5 Å². The summed E-state index contributed by atoms with van der Waals surface area (Å²) in [7, 11) is -3.24. The quantitative estimate of drug-likeness (QED) is 0.207. The van der Waals surface area contributed by atoms with Crippen LogP contribution in [-0.4, -0.2) is 84.0 Å². The molecule has 4 unspecified atom stereocenters. The molecule has 2 aromatic rings. The number of ether oxygens (including phenoxy) is 1. The van der Waals surface area contributed by atoms with Crippen molar-refractivity contribution in [2.45, 2.75) is 24.5 Å². The number of nitrogens with two attached hydrogens (primary N) is 1. The molecule has 24 heavy (non-hydrogen) atoms. The summed E-state index contributed by atoms with van der Waals surface area (Å²) < 4.78 is 18.2. The molecule has 0 aliphatic carbocycles. The first-order valence-electron chi connectivity index (χ1n) is 6.52. The van der Waals surface area contributed by atoms with Gasteiger partial charge in [0.25, 0.3) is 0 Å². The SMILES string of the molecule is Nc1ncnc2c1nc(Br)n2[C@@H]1OC2CO[P+](O)(S)OC2C1O.[Na]. The predicted octanol–water partition coefficient (Wildman–Crippen LogP) is 0.0636. The number of nitrogen functional groups attached to an aromatic ring is 1. The zero-order chi connectivity index (χ0) is 16.4. The van der Waals surface area contributed by atoms with Crippen LogP contribution in [0.5, 0.6) is 0 Å². The maximum absolute atomic E-state index is 10.6. The fourth-order valence-corrected chi connectivity index (χ4v) is 4.74. The molecule has 4 N–H and O–H groups in total. The normalized spacial score (nSPS) is 35.7. The molecule has 2 fully saturated rings. The van der Waals surface area contributed by atoms with Crippen LogP contribution in [0.15, 0.2) is 11.1 Å². The number of nitrogens with zero attached hydrogens (tertiary/aromatic N) is 4. The summed E-state index contributed by atoms with van der Waals surface area (Å²) in [5, 5.41) is 10.6. The Morgan fingerprint density at radius 2 is 2.21 bits per heavy atom. The van der Waals surface area contributed by atoms with E-state index in [9.17, 15) is 10.00 Å². The largest absolute Gasteiger partial charge is 0.476 e. The number of aliphatic hydroxyl groups is 1. The van der Waals surface area contributed by atoms with Crippen molar-refractivity contribution in [3.05, 3.63) is 11.1 Å². The Hall–Kier alpha value is 0.410. The van der Waals surface area contributed by atoms with Gasteiger partial charge in [0.15, 0.2) is 34.0 Å². The second-order valence-corrected chi connectivity index (χ2v) is 8.77. The maximum atomic E-state index is 10.6. The molecule has 2 aliphatic heterocycles. The van der Waals surface area contributed by atoms with Crippen molar-refractivity contribution in [1.29, 1.82) is 0 Å². The minimum absolute atomic E-state index is 0. The molecule has 0 bridgehead atoms. The van der Waals surface area contributed by atoms with Crippen molar-refractivity contribution in [3.8, 4) is 0 Å². The Balaban J connectivity index is 0.00000169. The van der Waals surface area contributed by atoms with Gasteiger partial charge in [-0.15, -0.1) is 0 Å². The van der Waals surface area contributed by atoms with Crippen LogP contribution in [0, 0.1) is 0 Å². The molecule has 4 heterocycles. The van der Waals surface area contributed by atoms with E-state index in [0.717, 1.165) is 0 Å². The van der Waals surface area contributed by atoms with Gasteiger partial charge in [0.05, 0.1) is 12.2 Å². The van der Waals surface area contributed by atoms with E-state index in [2.05, 4.69) is 43.1 Å². The number of thiol groups is 1. The van der Waals surface area contributed by atoms with Crippen molar-refractivity contribution in [3.63, 3.8) is 0 Å². The fourth-order valence-electron chi connectivity index (χ4n) is 2.68. The summed E-state index contributed by atoms with van der Waals surface area (Å²) in [6.45, 7) is 0.0629. The summed E-state index contributed by atoms with van der Waals surface area (Å²) >= 11 is 7.24. The van der Waals surface area contributed by atoms with Crippen LogP contribution in [-0.2, 0) is 13.8 Å². The van der Waals surface area contributed by atoms with Gasteiger partial charge in [-0.3, -0.25) is 4.57 Å². The van der Waals surface area contributed by atoms with Crippen molar-refractivity contribution < 1.29 is 23.8 Å². The van der Waals surface area contributed by atoms with Crippen molar-refractivity contribution in [2.24, 2.45) is 0 Å². The summed E-state index contributed by atoms with van der Waals surface area (Å²) in [5.41, 5.74) is 6.59. The van der Waals surface area contributed by atoms with Crippen molar-refractivity contribution >= 4 is 81.9 Å². The Kier molecular flexibility index (Phi) is 5.48. The predicted molar refractivity (Wildman–Crippen MR) is 92.1 cm³/mol. The topological polar surface area (TPSA) is 138 Å². The fraction of sp³-hybridized carbons (Fsp3) is 0.500. The molecule has 2 saturated heterocycles. The number of aliphatic hydroxyl groups excluding tert-OH is 1. The molecule has 0 aromatic carbocycles. The first kappa shape index (κ1) is 19.2. The Labute approximate surface area is 172 Å². The maximum Gasteiger partial charge on any atom is 0.476 e. The number of rotatable bonds is 1. The number of imidazole rings is 1. The number of aromatic nitrogens is 4. The third-order valence-electron chi connectivity index (χ3n) is 3.69. The van der Waals surface area contributed by atoms with Crippen LogP contribution in [0.1, 0.15) is 6.23 Å². The molecule has 125 valence electrons. The third kappa shape index (κ3) is 3.12. The van der Waals surface area contributed by atoms with Crippen LogP contribution < -0.4 is 5.73 Å². The molecule has 10 nitrogen and oxygen atoms in total. The molecular formula is C10H12BrN5NaO5PS+. The number of hydrogen-bond donors (Lipinski definition) is 4. The minimum atomic E-state index is -3.24. The average Bonchev–Trinajstić information content (AvgIpc) is 2.97. The molecule has 0 spiro atoms. The van der Waals surface area contributed by atoms with Gasteiger partial charge < -0.3 is 15.6 Å². The van der Waals surface area contributed by atoms with Crippen LogP contribution in [0.25, 0.3) is 11.2 Å². The van der Waals surface area contributed by atoms with Crippen LogP contribution >= 0.6 is 35.3 Å². The molecule has 1 radical (unpaired) electrons. The van der Waals surface area contributed by atoms with Gasteiger partial charge in [0, 0.05) is 29.6 Å². The molecular weight excluding hydrogens is 436 g/mol. The molecule has 14 heteroatoms. The van der Waals surface area contributed by atoms with Crippen molar-refractivity contribution in [2.75, 3.05) is 12.3 Å². The minimum Gasteiger partial charge on any atom is -0.385 e. The van der Waals surface area contributed by atoms with Crippen LogP contribution in [0.3, 0.4) is 0 Å². The van der Waals surface area contributed by atoms with Gasteiger partial charge >= 0.3 is 7.15 Å². The monoisotopic (exact) mass is 447 g/mol. The van der Waals surface area contributed by atoms with Crippen LogP contribution in [0.4, 0.5) is 5.82 Å². The number of hydrogen-bond acceptors (Lipinski definition) is 10. The second kappa shape index (κ2) is 6.86. The standard InChI is InChI=1S/C10H12BrN5O5PS.Na/c11-10-15-4-7(12)13-2-14-8(4)16(10)9-5(17)6-3(20-9)1-19-22(18,23)21-6;/h2-3,5-6,9,17-18,23H,1H2,(H2,12,13,14);/q+1;/t3?,5?,6?,9-,22?;/m1./s1. The smallest absolute Gasteiger partial charge is 0.385 e. The Morgan fingerprint density at radius 3 is 2.96 bits per heavy atom. The Morgan fingerprint density at radius 1 is 1.46 bits per heavy atom. The molecule has 0 amide bonds. The molecule has 4 rings (SSSR count). The molecule has 2 aromatic heterocycles. The zero-order valence-electron chi connectivity index (χ0n) is 12.4. The average molecular weight is 448 g/mol. The van der Waals surface area contributed by atoms with Crippen molar-refractivity contribution in [1.82, 2.24) is 19.5 Å². The summed E-state index contributed by atoms with van der Waals surface area (Å²) in [6, 6.07) is 0. The second-order valence-electron chi connectivity index (χ2n) is 5.09. The third-order valence-corrected chi connectivity index (χ3v) is 5.88. The van der Waals surface area contributed by atoms with E-state index in [0.29, 0.717) is 15.9 Å². The van der Waals surface area contributed by atoms with Gasteiger partial charge in [0.1, 0.15) is 25.1 Å². The van der Waals surface area contributed by atoms with E-state index in [1.165, 1.54) is 6.33 Å². The van der Waals surface area contributed by atoms with Gasteiger partial charge in [-0.2, -0.15) is 13.9 Å². The van der Waals surface area contributed by atoms with Crippen LogP contribution in [0.2, 0.25) is 0 Å². The number of fused-ring (bicyclic) bond motifs is 2. The van der Waals surface area contributed by atoms with Gasteiger partial charge in [0.2, 0.25) is 0 Å². The van der Waals surface area contributed by atoms with E-state index in [1.54, 1.807) is 4.57 Å². The number of anilines is 1. The van der Waals surface area contributed by atoms with E-state index >= 15 is 0 Å². The van der Waals surface area contributed by atoms with E-state index in [-0.39, 0.29) is 42.0 Å². The summed E-state index contributed by atoms with van der Waals surface area (Å²) in [5.74, 6) is 0.217. The van der Waals surface area contributed by atoms with Gasteiger partial charge in [-0.1, -0.05) is 0 Å². The zero-order valence-corrected chi connectivity index (χ0v) is 17.7. The molecule has 0 saturated carbocycles. The molecule has 2 aliphatic rings. The van der Waals surface area contributed by atoms with Gasteiger partial charge in [-0.05, 0) is 15.9 Å². The van der Waals surface area contributed by atoms with E-state index in [1.807, 2.05) is 0 Å². The van der Waals surface area contributed by atoms with Gasteiger partial charge in [-0.25, -0.2) is 15.0 Å². The Bertz CT molecular complexity index is 783. The first-order chi connectivity index (χ1) is 10.9. The first-order valence-corrected chi connectivity index (χ1v) is 10.0. The summed E-state index contributed by atoms with van der Waals surface area (Å²) in [4.78, 5) is 22.1. The van der Waals surface area contributed by atoms with E-state index < -0.39 is 31.7 Å².